The average molecular weight is 333 g/mol. The van der Waals surface area contributed by atoms with Gasteiger partial charge in [0.25, 0.3) is 10.0 Å². The van der Waals surface area contributed by atoms with Crippen LogP contribution in [0.4, 0.5) is 5.69 Å². The maximum Gasteiger partial charge on any atom is 0.337 e. The molecule has 9 heteroatoms. The lowest BCUT2D eigenvalue weighted by Crippen LogP contribution is -2.12. The Morgan fingerprint density at radius 2 is 2.20 bits per heavy atom. The van der Waals surface area contributed by atoms with Crippen LogP contribution in [0.1, 0.15) is 10.4 Å². The van der Waals surface area contributed by atoms with E-state index in [1.54, 1.807) is 6.07 Å². The number of hydrogen-bond donors (Lipinski definition) is 1. The largest absolute Gasteiger partial charge is 0.465 e. The van der Waals surface area contributed by atoms with Gasteiger partial charge in [-0.1, -0.05) is 29.0 Å². The van der Waals surface area contributed by atoms with Crippen LogP contribution in [0.5, 0.6) is 0 Å². The smallest absolute Gasteiger partial charge is 0.337 e. The van der Waals surface area contributed by atoms with E-state index in [1.165, 1.54) is 31.5 Å². The Morgan fingerprint density at radius 3 is 2.80 bits per heavy atom. The topological polar surface area (TPSA) is 85.4 Å². The fraction of sp³-hybridized carbons (Fsp3) is 0.0909. The number of anilines is 1. The van der Waals surface area contributed by atoms with Crippen molar-refractivity contribution in [1.82, 2.24) is 4.98 Å². The molecule has 0 bridgehead atoms. The predicted molar refractivity (Wildman–Crippen MR) is 75.7 cm³/mol. The molecule has 1 aromatic heterocycles. The summed E-state index contributed by atoms with van der Waals surface area (Å²) >= 11 is 6.45. The van der Waals surface area contributed by atoms with Gasteiger partial charge in [-0.25, -0.2) is 18.2 Å². The molecule has 106 valence electrons. The van der Waals surface area contributed by atoms with Crippen molar-refractivity contribution in [3.63, 3.8) is 0 Å². The number of sulfonamides is 1. The minimum Gasteiger partial charge on any atom is -0.465 e. The van der Waals surface area contributed by atoms with Crippen molar-refractivity contribution in [2.45, 2.75) is 4.21 Å². The van der Waals surface area contributed by atoms with Crippen molar-refractivity contribution in [3.8, 4) is 0 Å². The highest BCUT2D eigenvalue weighted by Gasteiger charge is 2.18. The molecule has 0 saturated heterocycles. The fourth-order valence-electron chi connectivity index (χ4n) is 1.40. The molecule has 0 atom stereocenters. The van der Waals surface area contributed by atoms with Gasteiger partial charge in [0.15, 0.2) is 8.68 Å². The van der Waals surface area contributed by atoms with Crippen molar-refractivity contribution in [3.05, 3.63) is 40.5 Å². The summed E-state index contributed by atoms with van der Waals surface area (Å²) in [4.78, 5) is 15.1. The maximum absolute atomic E-state index is 12.1. The Hall–Kier alpha value is -1.64. The van der Waals surface area contributed by atoms with Crippen LogP contribution in [-0.2, 0) is 14.8 Å². The number of benzene rings is 1. The number of carbonyl (C=O) groups is 1. The van der Waals surface area contributed by atoms with Crippen molar-refractivity contribution < 1.29 is 17.9 Å². The van der Waals surface area contributed by atoms with Gasteiger partial charge in [0.1, 0.15) is 0 Å². The first-order valence-corrected chi connectivity index (χ1v) is 7.92. The molecule has 20 heavy (non-hydrogen) atoms. The lowest BCUT2D eigenvalue weighted by atomic mass is 10.2. The molecule has 6 nitrogen and oxygen atoms in total. The summed E-state index contributed by atoms with van der Waals surface area (Å²) in [6.07, 6.45) is 1.17. The summed E-state index contributed by atoms with van der Waals surface area (Å²) in [5.41, 5.74) is 0.493. The first-order chi connectivity index (χ1) is 9.42. The molecule has 2 rings (SSSR count). The Morgan fingerprint density at radius 1 is 1.45 bits per heavy atom. The van der Waals surface area contributed by atoms with Crippen LogP contribution in [0.2, 0.25) is 4.47 Å². The molecule has 0 radical (unpaired) electrons. The minimum atomic E-state index is -3.77. The average Bonchev–Trinajstić information content (AvgIpc) is 2.85. The number of hydrogen-bond acceptors (Lipinski definition) is 6. The second-order valence-electron chi connectivity index (χ2n) is 3.61. The highest BCUT2D eigenvalue weighted by Crippen LogP contribution is 2.25. The van der Waals surface area contributed by atoms with E-state index < -0.39 is 16.0 Å². The zero-order chi connectivity index (χ0) is 14.8. The number of esters is 1. The number of thiazole rings is 1. The molecule has 1 heterocycles. The predicted octanol–water partition coefficient (Wildman–Crippen LogP) is 2.38. The molecule has 2 aromatic rings. The summed E-state index contributed by atoms with van der Waals surface area (Å²) in [6.45, 7) is 0. The van der Waals surface area contributed by atoms with Gasteiger partial charge in [-0.2, -0.15) is 0 Å². The second kappa shape index (κ2) is 5.78. The van der Waals surface area contributed by atoms with Crippen LogP contribution in [0.3, 0.4) is 0 Å². The molecule has 1 aromatic carbocycles. The minimum absolute atomic E-state index is 0.00836. The molecular weight excluding hydrogens is 324 g/mol. The number of nitrogens with one attached hydrogen (secondary N) is 1. The highest BCUT2D eigenvalue weighted by atomic mass is 35.5. The van der Waals surface area contributed by atoms with Crippen LogP contribution in [0.15, 0.2) is 34.7 Å². The standard InChI is InChI=1S/C11H9ClN2O4S2/c1-18-10(15)7-3-2-4-8(5-7)14-20(16,17)9-6-13-11(12)19-9/h2-6,14H,1H3. The Bertz CT molecular complexity index is 742. The van der Waals surface area contributed by atoms with Crippen LogP contribution in [-0.4, -0.2) is 26.5 Å². The van der Waals surface area contributed by atoms with E-state index in [1.807, 2.05) is 0 Å². The van der Waals surface area contributed by atoms with Gasteiger partial charge in [0.05, 0.1) is 18.9 Å². The van der Waals surface area contributed by atoms with Crippen LogP contribution in [0, 0.1) is 0 Å². The number of methoxy groups -OCH3 is 1. The molecule has 0 spiro atoms. The summed E-state index contributed by atoms with van der Waals surface area (Å²) in [6, 6.07) is 5.97. The molecule has 0 unspecified atom stereocenters. The van der Waals surface area contributed by atoms with E-state index in [0.717, 1.165) is 11.3 Å². The number of carbonyl (C=O) groups excluding carboxylic acids is 1. The third-order valence-corrected chi connectivity index (χ3v) is 5.21. The Kier molecular flexibility index (Phi) is 4.26. The quantitative estimate of drug-likeness (QED) is 0.869. The number of aromatic nitrogens is 1. The van der Waals surface area contributed by atoms with Gasteiger partial charge >= 0.3 is 5.97 Å². The summed E-state index contributed by atoms with van der Waals surface area (Å²) < 4.78 is 31.1. The third kappa shape index (κ3) is 3.27. The molecule has 0 aliphatic carbocycles. The zero-order valence-electron chi connectivity index (χ0n) is 10.2. The monoisotopic (exact) mass is 332 g/mol. The summed E-state index contributed by atoms with van der Waals surface area (Å²) in [5, 5.41) is 0. The lowest BCUT2D eigenvalue weighted by Gasteiger charge is -2.07. The van der Waals surface area contributed by atoms with E-state index in [4.69, 9.17) is 11.6 Å². The molecule has 0 saturated carbocycles. The van der Waals surface area contributed by atoms with E-state index in [-0.39, 0.29) is 19.9 Å². The number of rotatable bonds is 4. The van der Waals surface area contributed by atoms with Gasteiger partial charge in [-0.05, 0) is 18.2 Å². The normalized spacial score (nSPS) is 11.1. The summed E-state index contributed by atoms with van der Waals surface area (Å²) in [5.74, 6) is -0.549. The third-order valence-electron chi connectivity index (χ3n) is 2.26. The van der Waals surface area contributed by atoms with Crippen LogP contribution < -0.4 is 4.72 Å². The van der Waals surface area contributed by atoms with Crippen molar-refractivity contribution in [2.75, 3.05) is 11.8 Å². The number of nitrogens with zero attached hydrogens (tertiary/aromatic N) is 1. The molecule has 0 aliphatic rings. The van der Waals surface area contributed by atoms with Gasteiger partial charge in [-0.15, -0.1) is 0 Å². The fourth-order valence-corrected chi connectivity index (χ4v) is 3.74. The SMILES string of the molecule is COC(=O)c1cccc(NS(=O)(=O)c2cnc(Cl)s2)c1. The van der Waals surface area contributed by atoms with Gasteiger partial charge < -0.3 is 4.74 Å². The summed E-state index contributed by atoms with van der Waals surface area (Å²) in [7, 11) is -2.52. The second-order valence-corrected chi connectivity index (χ2v) is 7.13. The van der Waals surface area contributed by atoms with E-state index >= 15 is 0 Å². The first kappa shape index (κ1) is 14.8. The highest BCUT2D eigenvalue weighted by molar-refractivity contribution is 7.94. The maximum atomic E-state index is 12.1. The number of ether oxygens (including phenoxy) is 1. The number of halogens is 1. The van der Waals surface area contributed by atoms with Crippen molar-refractivity contribution >= 4 is 44.6 Å². The van der Waals surface area contributed by atoms with Crippen LogP contribution >= 0.6 is 22.9 Å². The van der Waals surface area contributed by atoms with Crippen LogP contribution in [0.25, 0.3) is 0 Å². The van der Waals surface area contributed by atoms with Crippen molar-refractivity contribution in [1.29, 1.82) is 0 Å². The molecule has 0 amide bonds. The molecule has 0 aliphatic heterocycles. The Balaban J connectivity index is 2.28. The zero-order valence-corrected chi connectivity index (χ0v) is 12.6. The van der Waals surface area contributed by atoms with E-state index in [2.05, 4.69) is 14.4 Å². The van der Waals surface area contributed by atoms with Gasteiger partial charge in [0, 0.05) is 5.69 Å². The molecule has 0 fully saturated rings. The van der Waals surface area contributed by atoms with E-state index in [9.17, 15) is 13.2 Å². The molecular formula is C11H9ClN2O4S2. The van der Waals surface area contributed by atoms with E-state index in [0.29, 0.717) is 0 Å². The molecule has 1 N–H and O–H groups in total. The van der Waals surface area contributed by atoms with Gasteiger partial charge in [0.2, 0.25) is 0 Å². The van der Waals surface area contributed by atoms with Gasteiger partial charge in [-0.3, -0.25) is 4.72 Å². The Labute approximate surface area is 124 Å². The lowest BCUT2D eigenvalue weighted by molar-refractivity contribution is 0.0601. The first-order valence-electron chi connectivity index (χ1n) is 5.25. The van der Waals surface area contributed by atoms with Crippen molar-refractivity contribution in [2.24, 2.45) is 0 Å².